The summed E-state index contributed by atoms with van der Waals surface area (Å²) in [5.74, 6) is -2.31. The third kappa shape index (κ3) is 16.8. The second kappa shape index (κ2) is 24.1. The van der Waals surface area contributed by atoms with E-state index in [0.29, 0.717) is 30.9 Å². The number of hydrogen-bond acceptors (Lipinski definition) is 10. The second-order valence-electron chi connectivity index (χ2n) is 11.6. The lowest BCUT2D eigenvalue weighted by Gasteiger charge is -2.53. The van der Waals surface area contributed by atoms with Gasteiger partial charge in [0.2, 0.25) is 6.29 Å². The Morgan fingerprint density at radius 3 is 1.46 bits per heavy atom. The van der Waals surface area contributed by atoms with Gasteiger partial charge in [0.25, 0.3) is 0 Å². The number of unbranched alkanes of at least 4 members (excludes halogenated alkanes) is 9. The first-order valence-corrected chi connectivity index (χ1v) is 18.4. The Bertz CT molecular complexity index is 845. The molecule has 0 saturated carbocycles. The van der Waals surface area contributed by atoms with Crippen molar-refractivity contribution in [2.75, 3.05) is 47.1 Å². The van der Waals surface area contributed by atoms with Gasteiger partial charge in [0, 0.05) is 0 Å². The van der Waals surface area contributed by atoms with Crippen molar-refractivity contribution in [3.63, 3.8) is 0 Å². The smallest absolute Gasteiger partial charge is 0.408 e. The minimum absolute atomic E-state index is 0.320. The minimum Gasteiger partial charge on any atom is -0.465 e. The number of likely N-dealkylation sites (N-methyl/N-ethyl adjacent to an activating group) is 1. The highest BCUT2D eigenvalue weighted by Crippen LogP contribution is 2.42. The topological polar surface area (TPSA) is 148 Å². The molecule has 272 valence electrons. The van der Waals surface area contributed by atoms with E-state index in [2.05, 4.69) is 40.1 Å². The molecule has 2 atom stereocenters. The monoisotopic (exact) mass is 681 g/mol. The Morgan fingerprint density at radius 2 is 1.07 bits per heavy atom. The van der Waals surface area contributed by atoms with Crippen LogP contribution in [0.3, 0.4) is 0 Å². The number of benzene rings is 1. The van der Waals surface area contributed by atoms with Crippen LogP contribution < -0.4 is 23.4 Å². The maximum atomic E-state index is 8.49. The molecule has 11 nitrogen and oxygen atoms in total. The van der Waals surface area contributed by atoms with Crippen LogP contribution in [0.1, 0.15) is 118 Å². The molecule has 0 N–H and O–H groups in total. The summed E-state index contributed by atoms with van der Waals surface area (Å²) in [6, 6.07) is 8.11. The molecule has 0 fully saturated rings. The summed E-state index contributed by atoms with van der Waals surface area (Å²) in [6.07, 6.45) is 13.1. The van der Waals surface area contributed by atoms with E-state index in [1.54, 1.807) is 0 Å². The molecular formula is C34H64ClNO10. The fourth-order valence-electron chi connectivity index (χ4n) is 5.43. The molecule has 0 aliphatic heterocycles. The van der Waals surface area contributed by atoms with Crippen LogP contribution in [0.15, 0.2) is 24.3 Å². The van der Waals surface area contributed by atoms with Gasteiger partial charge in [0.1, 0.15) is 5.75 Å². The Hall–Kier alpha value is -1.09. The maximum Gasteiger partial charge on any atom is 0.408 e. The molecule has 0 bridgehead atoms. The molecule has 2 unspecified atom stereocenters. The maximum absolute atomic E-state index is 8.49. The number of hydrogen-bond donors (Lipinski definition) is 0. The highest BCUT2D eigenvalue weighted by molar-refractivity contribution is 5.27. The summed E-state index contributed by atoms with van der Waals surface area (Å²) >= 11 is 0. The lowest BCUT2D eigenvalue weighted by molar-refractivity contribution is -2.00. The number of quaternary nitrogens is 1. The zero-order valence-corrected chi connectivity index (χ0v) is 30.9. The van der Waals surface area contributed by atoms with Gasteiger partial charge >= 0.3 is 11.9 Å². The van der Waals surface area contributed by atoms with Crippen LogP contribution in [0.2, 0.25) is 0 Å². The molecule has 1 aromatic rings. The standard InChI is InChI=1S/C34H64NO6.ClHO4/c1-10-16-17-18-19-20-21-22-23-24-29-35(8,9)33(36-12-3,34(37-13-4,38-14-5)39-15-6)41-30(7)40-32-27-25-31(11-2)26-28-32;2-1(3,4)5/h25-28,30H,10-24,29H2,1-9H3;(H,2,3,4,5)/q+1;/p-1. The van der Waals surface area contributed by atoms with E-state index in [9.17, 15) is 0 Å². The van der Waals surface area contributed by atoms with Crippen LogP contribution in [0.25, 0.3) is 0 Å². The van der Waals surface area contributed by atoms with Crippen molar-refractivity contribution in [2.24, 2.45) is 0 Å². The summed E-state index contributed by atoms with van der Waals surface area (Å²) in [7, 11) is -0.726. The first-order valence-electron chi connectivity index (χ1n) is 17.1. The molecule has 1 aromatic carbocycles. The molecule has 0 aliphatic rings. The number of halogens is 1. The first kappa shape index (κ1) is 44.9. The summed E-state index contributed by atoms with van der Waals surface area (Å²) in [6.45, 7) is 16.3. The van der Waals surface area contributed by atoms with Gasteiger partial charge < -0.3 is 18.9 Å². The average molecular weight is 682 g/mol. The molecule has 0 spiro atoms. The first-order chi connectivity index (χ1) is 21.7. The summed E-state index contributed by atoms with van der Waals surface area (Å²) in [5, 5.41) is 0. The third-order valence-corrected chi connectivity index (χ3v) is 7.56. The lowest BCUT2D eigenvalue weighted by Crippen LogP contribution is -2.77. The summed E-state index contributed by atoms with van der Waals surface area (Å²) in [4.78, 5) is 0. The van der Waals surface area contributed by atoms with Crippen LogP contribution in [0, 0.1) is 10.2 Å². The summed E-state index contributed by atoms with van der Waals surface area (Å²) in [5.41, 5.74) is 1.26. The molecule has 12 heteroatoms. The van der Waals surface area contributed by atoms with Gasteiger partial charge in [-0.1, -0.05) is 77.3 Å². The average Bonchev–Trinajstić information content (AvgIpc) is 2.97. The van der Waals surface area contributed by atoms with Crippen molar-refractivity contribution in [3.8, 4) is 5.75 Å². The number of nitrogens with zero attached hydrogens (tertiary/aromatic N) is 1. The third-order valence-electron chi connectivity index (χ3n) is 7.56. The molecule has 0 radical (unpaired) electrons. The van der Waals surface area contributed by atoms with Crippen LogP contribution in [-0.2, 0) is 30.1 Å². The molecular weight excluding hydrogens is 618 g/mol. The van der Waals surface area contributed by atoms with Crippen molar-refractivity contribution in [2.45, 2.75) is 137 Å². The van der Waals surface area contributed by atoms with Crippen molar-refractivity contribution in [1.29, 1.82) is 0 Å². The molecule has 46 heavy (non-hydrogen) atoms. The molecule has 0 aromatic heterocycles. The quantitative estimate of drug-likeness (QED) is 0.0806. The predicted molar refractivity (Wildman–Crippen MR) is 168 cm³/mol. The van der Waals surface area contributed by atoms with Crippen LogP contribution in [0.4, 0.5) is 0 Å². The van der Waals surface area contributed by atoms with Crippen molar-refractivity contribution in [3.05, 3.63) is 29.8 Å². The van der Waals surface area contributed by atoms with Gasteiger partial charge in [-0.2, -0.15) is 0 Å². The molecule has 0 aliphatic carbocycles. The van der Waals surface area contributed by atoms with Crippen molar-refractivity contribution in [1.82, 2.24) is 0 Å². The molecule has 1 rings (SSSR count). The van der Waals surface area contributed by atoms with E-state index in [4.69, 9.17) is 47.1 Å². The largest absolute Gasteiger partial charge is 0.465 e. The SMILES string of the molecule is CCCCCCCCCCCC[N+](C)(C)C(OCC)(OC(C)Oc1ccc(CC)cc1)C(OCC)(OCC)OCC.[O-][Cl+3]([O-])([O-])[O-]. The van der Waals surface area contributed by atoms with Gasteiger partial charge in [-0.05, 0) is 71.6 Å². The minimum atomic E-state index is -4.94. The van der Waals surface area contributed by atoms with E-state index in [0.717, 1.165) is 31.6 Å². The summed E-state index contributed by atoms with van der Waals surface area (Å²) < 4.78 is 73.0. The highest BCUT2D eigenvalue weighted by atomic mass is 35.7. The van der Waals surface area contributed by atoms with Gasteiger partial charge in [0.15, 0.2) is 0 Å². The second-order valence-corrected chi connectivity index (χ2v) is 12.4. The lowest BCUT2D eigenvalue weighted by atomic mass is 10.1. The van der Waals surface area contributed by atoms with E-state index in [-0.39, 0.29) is 0 Å². The Kier molecular flexibility index (Phi) is 23.5. The zero-order valence-electron chi connectivity index (χ0n) is 30.1. The molecule has 0 saturated heterocycles. The van der Waals surface area contributed by atoms with Crippen LogP contribution in [0.5, 0.6) is 5.75 Å². The number of ether oxygens (including phenoxy) is 6. The number of rotatable bonds is 26. The van der Waals surface area contributed by atoms with Crippen molar-refractivity contribution >= 4 is 0 Å². The molecule has 0 amide bonds. The predicted octanol–water partition coefficient (Wildman–Crippen LogP) is 3.69. The van der Waals surface area contributed by atoms with Gasteiger partial charge in [-0.15, -0.1) is 10.2 Å². The van der Waals surface area contributed by atoms with Gasteiger partial charge in [-0.25, -0.2) is 18.6 Å². The normalized spacial score (nSPS) is 14.4. The van der Waals surface area contributed by atoms with Crippen LogP contribution >= 0.6 is 0 Å². The molecule has 0 heterocycles. The van der Waals surface area contributed by atoms with Gasteiger partial charge in [-0.3, -0.25) is 14.0 Å². The Balaban J connectivity index is 0.00000373. The van der Waals surface area contributed by atoms with E-state index in [1.807, 2.05) is 46.8 Å². The fraction of sp³-hybridized carbons (Fsp3) is 0.824. The van der Waals surface area contributed by atoms with E-state index < -0.39 is 28.4 Å². The Labute approximate surface area is 281 Å². The van der Waals surface area contributed by atoms with E-state index in [1.165, 1.54) is 56.9 Å². The van der Waals surface area contributed by atoms with Crippen molar-refractivity contribution < 1.29 is 61.8 Å². The van der Waals surface area contributed by atoms with Gasteiger partial charge in [0.05, 0.1) is 47.1 Å². The van der Waals surface area contributed by atoms with Crippen LogP contribution in [-0.4, -0.2) is 69.7 Å². The number of aryl methyl sites for hydroxylation is 1. The fourth-order valence-corrected chi connectivity index (χ4v) is 5.43. The van der Waals surface area contributed by atoms with E-state index >= 15 is 0 Å². The highest BCUT2D eigenvalue weighted by Gasteiger charge is 2.70. The zero-order chi connectivity index (χ0) is 35.1. The Morgan fingerprint density at radius 1 is 0.652 bits per heavy atom.